The Bertz CT molecular complexity index is 423. The van der Waals surface area contributed by atoms with E-state index in [2.05, 4.69) is 17.3 Å². The molecule has 1 unspecified atom stereocenters. The average molecular weight is 264 g/mol. The lowest BCUT2D eigenvalue weighted by atomic mass is 9.84. The number of amides is 1. The Morgan fingerprint density at radius 3 is 2.84 bits per heavy atom. The summed E-state index contributed by atoms with van der Waals surface area (Å²) in [5.74, 6) is 1.31. The standard InChI is InChI=1S/C14H24N4O/c1-11(12-4-6-15-7-5-12)8-14(19)18(3)13-9-16-17(2)10-13/h9-12,15H,4-8H2,1-3H3. The smallest absolute Gasteiger partial charge is 0.227 e. The topological polar surface area (TPSA) is 50.2 Å². The third-order valence-corrected chi connectivity index (χ3v) is 4.14. The summed E-state index contributed by atoms with van der Waals surface area (Å²) in [6.07, 6.45) is 6.59. The molecule has 0 bridgehead atoms. The molecular formula is C14H24N4O. The Hall–Kier alpha value is -1.36. The van der Waals surface area contributed by atoms with E-state index in [1.807, 2.05) is 20.3 Å². The van der Waals surface area contributed by atoms with Gasteiger partial charge in [-0.15, -0.1) is 0 Å². The van der Waals surface area contributed by atoms with Crippen LogP contribution in [-0.2, 0) is 11.8 Å². The molecule has 1 aromatic heterocycles. The van der Waals surface area contributed by atoms with E-state index in [1.54, 1.807) is 15.8 Å². The number of carbonyl (C=O) groups is 1. The number of hydrogen-bond acceptors (Lipinski definition) is 3. The zero-order valence-corrected chi connectivity index (χ0v) is 12.1. The second-order valence-electron chi connectivity index (χ2n) is 5.59. The van der Waals surface area contributed by atoms with Gasteiger partial charge < -0.3 is 10.2 Å². The van der Waals surface area contributed by atoms with Gasteiger partial charge in [-0.05, 0) is 37.8 Å². The number of nitrogens with one attached hydrogen (secondary N) is 1. The van der Waals surface area contributed by atoms with Crippen LogP contribution in [0.5, 0.6) is 0 Å². The summed E-state index contributed by atoms with van der Waals surface area (Å²) in [7, 11) is 3.69. The van der Waals surface area contributed by atoms with E-state index in [0.29, 0.717) is 18.3 Å². The summed E-state index contributed by atoms with van der Waals surface area (Å²) in [6.45, 7) is 4.37. The fraction of sp³-hybridized carbons (Fsp3) is 0.714. The summed E-state index contributed by atoms with van der Waals surface area (Å²) < 4.78 is 1.72. The van der Waals surface area contributed by atoms with Crippen molar-refractivity contribution < 1.29 is 4.79 Å². The number of rotatable bonds is 4. The minimum Gasteiger partial charge on any atom is -0.317 e. The van der Waals surface area contributed by atoms with E-state index in [4.69, 9.17) is 0 Å². The molecular weight excluding hydrogens is 240 g/mol. The van der Waals surface area contributed by atoms with Crippen LogP contribution in [0.25, 0.3) is 0 Å². The van der Waals surface area contributed by atoms with Crippen molar-refractivity contribution in [1.82, 2.24) is 15.1 Å². The second kappa shape index (κ2) is 6.19. The zero-order chi connectivity index (χ0) is 13.8. The van der Waals surface area contributed by atoms with Crippen molar-refractivity contribution in [3.63, 3.8) is 0 Å². The quantitative estimate of drug-likeness (QED) is 0.894. The molecule has 5 nitrogen and oxygen atoms in total. The third kappa shape index (κ3) is 3.56. The van der Waals surface area contributed by atoms with Crippen LogP contribution in [0.4, 0.5) is 5.69 Å². The lowest BCUT2D eigenvalue weighted by Crippen LogP contribution is -2.34. The van der Waals surface area contributed by atoms with E-state index < -0.39 is 0 Å². The number of hydrogen-bond donors (Lipinski definition) is 1. The van der Waals surface area contributed by atoms with Crippen LogP contribution in [0.1, 0.15) is 26.2 Å². The lowest BCUT2D eigenvalue weighted by Gasteiger charge is -2.29. The number of aromatic nitrogens is 2. The van der Waals surface area contributed by atoms with Gasteiger partial charge in [0.15, 0.2) is 0 Å². The second-order valence-corrected chi connectivity index (χ2v) is 5.59. The van der Waals surface area contributed by atoms with Gasteiger partial charge in [-0.2, -0.15) is 5.10 Å². The Balaban J connectivity index is 1.89. The molecule has 2 heterocycles. The molecule has 1 fully saturated rings. The van der Waals surface area contributed by atoms with Gasteiger partial charge in [0.25, 0.3) is 0 Å². The maximum absolute atomic E-state index is 12.3. The van der Waals surface area contributed by atoms with Gasteiger partial charge in [-0.25, -0.2) is 0 Å². The molecule has 19 heavy (non-hydrogen) atoms. The number of piperidine rings is 1. The molecule has 106 valence electrons. The van der Waals surface area contributed by atoms with Crippen molar-refractivity contribution in [3.8, 4) is 0 Å². The first kappa shape index (κ1) is 14.1. The van der Waals surface area contributed by atoms with Crippen LogP contribution in [0.2, 0.25) is 0 Å². The van der Waals surface area contributed by atoms with Gasteiger partial charge in [0.05, 0.1) is 11.9 Å². The third-order valence-electron chi connectivity index (χ3n) is 4.14. The summed E-state index contributed by atoms with van der Waals surface area (Å²) in [4.78, 5) is 14.0. The molecule has 1 saturated heterocycles. The Morgan fingerprint density at radius 1 is 1.58 bits per heavy atom. The predicted octanol–water partition coefficient (Wildman–Crippen LogP) is 1.41. The minimum absolute atomic E-state index is 0.180. The van der Waals surface area contributed by atoms with Crippen molar-refractivity contribution in [1.29, 1.82) is 0 Å². The fourth-order valence-corrected chi connectivity index (χ4v) is 2.72. The molecule has 0 spiro atoms. The predicted molar refractivity (Wildman–Crippen MR) is 76.0 cm³/mol. The van der Waals surface area contributed by atoms with E-state index >= 15 is 0 Å². The van der Waals surface area contributed by atoms with Crippen LogP contribution in [0.15, 0.2) is 12.4 Å². The lowest BCUT2D eigenvalue weighted by molar-refractivity contribution is -0.119. The Morgan fingerprint density at radius 2 is 2.26 bits per heavy atom. The van der Waals surface area contributed by atoms with Gasteiger partial charge in [0.2, 0.25) is 5.91 Å². The van der Waals surface area contributed by atoms with Crippen molar-refractivity contribution in [2.45, 2.75) is 26.2 Å². The van der Waals surface area contributed by atoms with Crippen molar-refractivity contribution in [2.75, 3.05) is 25.0 Å². The zero-order valence-electron chi connectivity index (χ0n) is 12.1. The van der Waals surface area contributed by atoms with Crippen LogP contribution in [0, 0.1) is 11.8 Å². The fourth-order valence-electron chi connectivity index (χ4n) is 2.72. The molecule has 1 aliphatic rings. The maximum atomic E-state index is 12.3. The molecule has 0 aromatic carbocycles. The molecule has 1 amide bonds. The first-order valence-electron chi connectivity index (χ1n) is 7.04. The average Bonchev–Trinajstić information content (AvgIpc) is 2.85. The van der Waals surface area contributed by atoms with E-state index in [0.717, 1.165) is 18.8 Å². The highest BCUT2D eigenvalue weighted by Gasteiger charge is 2.23. The first-order chi connectivity index (χ1) is 9.08. The van der Waals surface area contributed by atoms with Crippen LogP contribution < -0.4 is 10.2 Å². The summed E-state index contributed by atoms with van der Waals surface area (Å²) in [5, 5.41) is 7.47. The number of carbonyl (C=O) groups excluding carboxylic acids is 1. The molecule has 0 radical (unpaired) electrons. The van der Waals surface area contributed by atoms with Crippen molar-refractivity contribution in [3.05, 3.63) is 12.4 Å². The van der Waals surface area contributed by atoms with Gasteiger partial charge in [-0.1, -0.05) is 6.92 Å². The first-order valence-corrected chi connectivity index (χ1v) is 7.04. The van der Waals surface area contributed by atoms with Gasteiger partial charge in [0.1, 0.15) is 0 Å². The highest BCUT2D eigenvalue weighted by molar-refractivity contribution is 5.92. The molecule has 1 aliphatic heterocycles. The van der Waals surface area contributed by atoms with Crippen LogP contribution in [-0.4, -0.2) is 35.8 Å². The molecule has 0 saturated carbocycles. The largest absolute Gasteiger partial charge is 0.317 e. The Labute approximate surface area is 115 Å². The molecule has 1 N–H and O–H groups in total. The van der Waals surface area contributed by atoms with Crippen molar-refractivity contribution in [2.24, 2.45) is 18.9 Å². The normalized spacial score (nSPS) is 18.3. The molecule has 1 atom stereocenters. The van der Waals surface area contributed by atoms with E-state index in [-0.39, 0.29) is 5.91 Å². The molecule has 0 aliphatic carbocycles. The molecule has 2 rings (SSSR count). The SMILES string of the molecule is CC(CC(=O)N(C)c1cnn(C)c1)C1CCNCC1. The highest BCUT2D eigenvalue weighted by Crippen LogP contribution is 2.25. The number of nitrogens with zero attached hydrogens (tertiary/aromatic N) is 3. The highest BCUT2D eigenvalue weighted by atomic mass is 16.2. The van der Waals surface area contributed by atoms with Gasteiger partial charge in [0, 0.05) is 26.7 Å². The Kier molecular flexibility index (Phi) is 4.58. The van der Waals surface area contributed by atoms with Crippen molar-refractivity contribution >= 4 is 11.6 Å². The minimum atomic E-state index is 0.180. The van der Waals surface area contributed by atoms with Crippen LogP contribution in [0.3, 0.4) is 0 Å². The van der Waals surface area contributed by atoms with E-state index in [9.17, 15) is 4.79 Å². The molecule has 1 aromatic rings. The maximum Gasteiger partial charge on any atom is 0.227 e. The van der Waals surface area contributed by atoms with E-state index in [1.165, 1.54) is 12.8 Å². The summed E-state index contributed by atoms with van der Waals surface area (Å²) >= 11 is 0. The monoisotopic (exact) mass is 264 g/mol. The number of anilines is 1. The van der Waals surface area contributed by atoms with Gasteiger partial charge in [-0.3, -0.25) is 9.48 Å². The van der Waals surface area contributed by atoms with Gasteiger partial charge >= 0.3 is 0 Å². The number of aryl methyl sites for hydroxylation is 1. The summed E-state index contributed by atoms with van der Waals surface area (Å²) in [6, 6.07) is 0. The van der Waals surface area contributed by atoms with Crippen LogP contribution >= 0.6 is 0 Å². The molecule has 5 heteroatoms. The summed E-state index contributed by atoms with van der Waals surface area (Å²) in [5.41, 5.74) is 0.866.